The molecule has 0 amide bonds. The predicted molar refractivity (Wildman–Crippen MR) is 88.9 cm³/mol. The Labute approximate surface area is 127 Å². The fourth-order valence-electron chi connectivity index (χ4n) is 2.87. The van der Waals surface area contributed by atoms with Gasteiger partial charge in [-0.15, -0.1) is 11.8 Å². The molecule has 1 aliphatic rings. The number of methoxy groups -OCH3 is 1. The van der Waals surface area contributed by atoms with E-state index in [1.54, 1.807) is 18.9 Å². The summed E-state index contributed by atoms with van der Waals surface area (Å²) in [4.78, 5) is 2.30. The van der Waals surface area contributed by atoms with Crippen molar-refractivity contribution in [3.05, 3.63) is 41.1 Å². The highest BCUT2D eigenvalue weighted by Gasteiger charge is 2.28. The Hall–Kier alpha value is -1.09. The van der Waals surface area contributed by atoms with Crippen LogP contribution in [0.5, 0.6) is 0 Å². The number of rotatable bonds is 5. The SMILES string of the molecule is COC1=CSC(C)N1c1ccccc1C(C)CC(C)C. The van der Waals surface area contributed by atoms with Crippen LogP contribution >= 0.6 is 11.8 Å². The van der Waals surface area contributed by atoms with E-state index >= 15 is 0 Å². The van der Waals surface area contributed by atoms with E-state index in [2.05, 4.69) is 62.3 Å². The molecule has 2 nitrogen and oxygen atoms in total. The quantitative estimate of drug-likeness (QED) is 0.741. The minimum absolute atomic E-state index is 0.386. The summed E-state index contributed by atoms with van der Waals surface area (Å²) in [7, 11) is 1.75. The van der Waals surface area contributed by atoms with Gasteiger partial charge in [0.1, 0.15) is 0 Å². The molecule has 0 saturated carbocycles. The molecule has 1 aromatic rings. The van der Waals surface area contributed by atoms with Crippen LogP contribution < -0.4 is 4.90 Å². The second kappa shape index (κ2) is 6.57. The predicted octanol–water partition coefficient (Wildman–Crippen LogP) is 5.18. The first-order chi connectivity index (χ1) is 9.54. The van der Waals surface area contributed by atoms with Gasteiger partial charge in [0.15, 0.2) is 0 Å². The Kier molecular flexibility index (Phi) is 5.03. The van der Waals surface area contributed by atoms with E-state index in [-0.39, 0.29) is 0 Å². The number of hydrogen-bond acceptors (Lipinski definition) is 3. The number of nitrogens with zero attached hydrogens (tertiary/aromatic N) is 1. The lowest BCUT2D eigenvalue weighted by atomic mass is 9.90. The van der Waals surface area contributed by atoms with E-state index in [0.29, 0.717) is 17.2 Å². The van der Waals surface area contributed by atoms with Crippen molar-refractivity contribution in [3.8, 4) is 0 Å². The summed E-state index contributed by atoms with van der Waals surface area (Å²) < 4.78 is 5.53. The molecule has 3 heteroatoms. The molecule has 2 atom stereocenters. The minimum atomic E-state index is 0.386. The van der Waals surface area contributed by atoms with Crippen LogP contribution in [0.2, 0.25) is 0 Å². The first kappa shape index (κ1) is 15.3. The van der Waals surface area contributed by atoms with Gasteiger partial charge in [-0.1, -0.05) is 39.0 Å². The maximum Gasteiger partial charge on any atom is 0.201 e. The van der Waals surface area contributed by atoms with Gasteiger partial charge in [-0.05, 0) is 36.8 Å². The highest BCUT2D eigenvalue weighted by molar-refractivity contribution is 8.03. The molecule has 2 rings (SSSR count). The standard InChI is InChI=1S/C17H25NOS/c1-12(2)10-13(3)15-8-6-7-9-16(15)18-14(4)20-11-17(18)19-5/h6-9,11-14H,10H2,1-5H3. The number of hydrogen-bond donors (Lipinski definition) is 0. The first-order valence-corrected chi connectivity index (χ1v) is 8.26. The zero-order chi connectivity index (χ0) is 14.7. The topological polar surface area (TPSA) is 12.5 Å². The smallest absolute Gasteiger partial charge is 0.201 e. The highest BCUT2D eigenvalue weighted by Crippen LogP contribution is 2.40. The second-order valence-electron chi connectivity index (χ2n) is 5.86. The number of anilines is 1. The van der Waals surface area contributed by atoms with E-state index < -0.39 is 0 Å². The molecule has 1 heterocycles. The van der Waals surface area contributed by atoms with E-state index in [9.17, 15) is 0 Å². The van der Waals surface area contributed by atoms with E-state index in [1.165, 1.54) is 17.7 Å². The van der Waals surface area contributed by atoms with Gasteiger partial charge in [0.05, 0.1) is 12.5 Å². The molecule has 0 saturated heterocycles. The normalized spacial score (nSPS) is 20.2. The van der Waals surface area contributed by atoms with Crippen molar-refractivity contribution in [1.82, 2.24) is 0 Å². The molecular weight excluding hydrogens is 266 g/mol. The van der Waals surface area contributed by atoms with Crippen molar-refractivity contribution in [2.75, 3.05) is 12.0 Å². The Balaban J connectivity index is 2.34. The summed E-state index contributed by atoms with van der Waals surface area (Å²) in [5.74, 6) is 2.22. The fraction of sp³-hybridized carbons (Fsp3) is 0.529. The van der Waals surface area contributed by atoms with Crippen molar-refractivity contribution in [2.24, 2.45) is 5.92 Å². The molecule has 0 aliphatic carbocycles. The van der Waals surface area contributed by atoms with Gasteiger partial charge in [0.2, 0.25) is 5.88 Å². The van der Waals surface area contributed by atoms with Crippen molar-refractivity contribution in [2.45, 2.75) is 45.4 Å². The fourth-order valence-corrected chi connectivity index (χ4v) is 3.73. The summed E-state index contributed by atoms with van der Waals surface area (Å²) in [5, 5.41) is 2.49. The summed E-state index contributed by atoms with van der Waals surface area (Å²) in [6.45, 7) is 9.11. The van der Waals surface area contributed by atoms with Crippen molar-refractivity contribution < 1.29 is 4.74 Å². The molecule has 0 fully saturated rings. The maximum absolute atomic E-state index is 5.53. The Bertz CT molecular complexity index is 484. The highest BCUT2D eigenvalue weighted by atomic mass is 32.2. The molecule has 0 aromatic heterocycles. The largest absolute Gasteiger partial charge is 0.482 e. The average molecular weight is 291 g/mol. The zero-order valence-electron chi connectivity index (χ0n) is 13.1. The van der Waals surface area contributed by atoms with Crippen LogP contribution in [0.4, 0.5) is 5.69 Å². The Morgan fingerprint density at radius 2 is 1.95 bits per heavy atom. The molecule has 0 bridgehead atoms. The minimum Gasteiger partial charge on any atom is -0.482 e. The van der Waals surface area contributed by atoms with Gasteiger partial charge in [0.25, 0.3) is 0 Å². The number of para-hydroxylation sites is 1. The Morgan fingerprint density at radius 3 is 2.60 bits per heavy atom. The molecule has 110 valence electrons. The Morgan fingerprint density at radius 1 is 1.25 bits per heavy atom. The molecule has 0 N–H and O–H groups in total. The zero-order valence-corrected chi connectivity index (χ0v) is 13.9. The van der Waals surface area contributed by atoms with Crippen LogP contribution in [-0.2, 0) is 4.74 Å². The van der Waals surface area contributed by atoms with Gasteiger partial charge < -0.3 is 4.74 Å². The lowest BCUT2D eigenvalue weighted by Crippen LogP contribution is -2.27. The molecule has 1 aliphatic heterocycles. The first-order valence-electron chi connectivity index (χ1n) is 7.32. The summed E-state index contributed by atoms with van der Waals surface area (Å²) >= 11 is 1.81. The van der Waals surface area contributed by atoms with Crippen LogP contribution in [0.25, 0.3) is 0 Å². The number of ether oxygens (including phenoxy) is 1. The van der Waals surface area contributed by atoms with Crippen LogP contribution in [0.15, 0.2) is 35.6 Å². The number of benzene rings is 1. The molecule has 0 radical (unpaired) electrons. The molecule has 2 unspecified atom stereocenters. The van der Waals surface area contributed by atoms with Crippen LogP contribution in [-0.4, -0.2) is 12.5 Å². The third kappa shape index (κ3) is 3.14. The van der Waals surface area contributed by atoms with Gasteiger partial charge in [0, 0.05) is 11.1 Å². The third-order valence-electron chi connectivity index (χ3n) is 3.73. The molecule has 1 aromatic carbocycles. The van der Waals surface area contributed by atoms with Crippen molar-refractivity contribution >= 4 is 17.4 Å². The maximum atomic E-state index is 5.53. The second-order valence-corrected chi connectivity index (χ2v) is 7.05. The van der Waals surface area contributed by atoms with E-state index in [0.717, 1.165) is 5.88 Å². The van der Waals surface area contributed by atoms with Gasteiger partial charge in [-0.3, -0.25) is 4.90 Å². The van der Waals surface area contributed by atoms with Crippen LogP contribution in [0.1, 0.15) is 45.6 Å². The lowest BCUT2D eigenvalue weighted by Gasteiger charge is -2.29. The molecule has 20 heavy (non-hydrogen) atoms. The van der Waals surface area contributed by atoms with Gasteiger partial charge in [-0.25, -0.2) is 0 Å². The van der Waals surface area contributed by atoms with Crippen molar-refractivity contribution in [1.29, 1.82) is 0 Å². The number of thioether (sulfide) groups is 1. The lowest BCUT2D eigenvalue weighted by molar-refractivity contribution is 0.281. The summed E-state index contributed by atoms with van der Waals surface area (Å²) in [5.41, 5.74) is 2.70. The van der Waals surface area contributed by atoms with E-state index in [4.69, 9.17) is 4.74 Å². The summed E-state index contributed by atoms with van der Waals surface area (Å²) in [6.07, 6.45) is 1.21. The van der Waals surface area contributed by atoms with E-state index in [1.807, 2.05) is 0 Å². The van der Waals surface area contributed by atoms with Crippen molar-refractivity contribution in [3.63, 3.8) is 0 Å². The van der Waals surface area contributed by atoms with Crippen LogP contribution in [0.3, 0.4) is 0 Å². The van der Waals surface area contributed by atoms with Gasteiger partial charge >= 0.3 is 0 Å². The monoisotopic (exact) mass is 291 g/mol. The summed E-state index contributed by atoms with van der Waals surface area (Å²) in [6, 6.07) is 8.72. The average Bonchev–Trinajstić information content (AvgIpc) is 2.79. The third-order valence-corrected chi connectivity index (χ3v) is 4.67. The van der Waals surface area contributed by atoms with Gasteiger partial charge in [-0.2, -0.15) is 0 Å². The molecular formula is C17H25NOS. The van der Waals surface area contributed by atoms with Crippen LogP contribution in [0, 0.1) is 5.92 Å². The molecule has 0 spiro atoms.